The lowest BCUT2D eigenvalue weighted by Crippen LogP contribution is -2.24. The molecule has 25 heavy (non-hydrogen) atoms. The third-order valence-corrected chi connectivity index (χ3v) is 4.33. The molecule has 0 amide bonds. The molecule has 2 aromatic carbocycles. The van der Waals surface area contributed by atoms with Crippen LogP contribution in [0.4, 0.5) is 0 Å². The van der Waals surface area contributed by atoms with Crippen molar-refractivity contribution in [3.05, 3.63) is 54.1 Å². The summed E-state index contributed by atoms with van der Waals surface area (Å²) in [5, 5.41) is 4.06. The minimum absolute atomic E-state index is 0. The summed E-state index contributed by atoms with van der Waals surface area (Å²) in [7, 11) is 0. The first-order valence-electron chi connectivity index (χ1n) is 8.22. The fraction of sp³-hybridized carbons (Fsp3) is 0.263. The van der Waals surface area contributed by atoms with E-state index in [1.165, 1.54) is 6.42 Å². The first-order chi connectivity index (χ1) is 11.8. The Morgan fingerprint density at radius 2 is 1.68 bits per heavy atom. The molecule has 6 heteroatoms. The average molecular weight is 358 g/mol. The highest BCUT2D eigenvalue weighted by Crippen LogP contribution is 2.28. The number of ether oxygens (including phenoxy) is 1. The van der Waals surface area contributed by atoms with Crippen LogP contribution in [0, 0.1) is 0 Å². The molecule has 0 radical (unpaired) electrons. The van der Waals surface area contributed by atoms with Gasteiger partial charge in [-0.15, -0.1) is 12.4 Å². The first kappa shape index (κ1) is 17.5. The van der Waals surface area contributed by atoms with Gasteiger partial charge in [-0.2, -0.15) is 4.98 Å². The van der Waals surface area contributed by atoms with Crippen LogP contribution in [-0.2, 0) is 6.54 Å². The highest BCUT2D eigenvalue weighted by molar-refractivity contribution is 5.85. The van der Waals surface area contributed by atoms with Crippen LogP contribution in [0.2, 0.25) is 0 Å². The van der Waals surface area contributed by atoms with Gasteiger partial charge in [-0.3, -0.25) is 0 Å². The normalized spacial score (nSPS) is 13.8. The Morgan fingerprint density at radius 3 is 2.28 bits per heavy atom. The number of hydrogen-bond donors (Lipinski definition) is 1. The molecule has 2 N–H and O–H groups in total. The average Bonchev–Trinajstić information content (AvgIpc) is 3.09. The van der Waals surface area contributed by atoms with Crippen LogP contribution in [0.3, 0.4) is 0 Å². The van der Waals surface area contributed by atoms with E-state index in [9.17, 15) is 0 Å². The number of hydrogen-bond acceptors (Lipinski definition) is 5. The molecule has 1 aliphatic rings. The maximum atomic E-state index is 5.86. The van der Waals surface area contributed by atoms with Crippen LogP contribution in [0.5, 0.6) is 5.75 Å². The number of benzene rings is 2. The van der Waals surface area contributed by atoms with Gasteiger partial charge < -0.3 is 15.0 Å². The molecule has 1 heterocycles. The second kappa shape index (κ2) is 7.68. The lowest BCUT2D eigenvalue weighted by molar-refractivity contribution is 0.120. The van der Waals surface area contributed by atoms with E-state index in [0.29, 0.717) is 24.4 Å². The maximum absolute atomic E-state index is 5.86. The van der Waals surface area contributed by atoms with E-state index in [4.69, 9.17) is 15.0 Å². The molecule has 0 unspecified atom stereocenters. The summed E-state index contributed by atoms with van der Waals surface area (Å²) < 4.78 is 11.2. The van der Waals surface area contributed by atoms with Gasteiger partial charge in [-0.25, -0.2) is 0 Å². The van der Waals surface area contributed by atoms with Crippen molar-refractivity contribution in [1.82, 2.24) is 10.1 Å². The number of aromatic nitrogens is 2. The summed E-state index contributed by atoms with van der Waals surface area (Å²) >= 11 is 0. The summed E-state index contributed by atoms with van der Waals surface area (Å²) in [6.07, 6.45) is 3.94. The number of nitrogens with two attached hydrogens (primary N) is 1. The van der Waals surface area contributed by atoms with Gasteiger partial charge in [0.05, 0.1) is 6.10 Å². The van der Waals surface area contributed by atoms with Crippen molar-refractivity contribution in [2.24, 2.45) is 5.73 Å². The Balaban J connectivity index is 0.00000182. The van der Waals surface area contributed by atoms with Crippen LogP contribution in [0.15, 0.2) is 53.1 Å². The Hall–Kier alpha value is -2.37. The summed E-state index contributed by atoms with van der Waals surface area (Å²) in [6, 6.07) is 15.6. The minimum Gasteiger partial charge on any atom is -0.490 e. The van der Waals surface area contributed by atoms with Gasteiger partial charge in [0.15, 0.2) is 0 Å². The molecule has 1 fully saturated rings. The monoisotopic (exact) mass is 357 g/mol. The van der Waals surface area contributed by atoms with Gasteiger partial charge in [-0.1, -0.05) is 29.4 Å². The number of halogens is 1. The molecule has 1 aliphatic carbocycles. The Labute approximate surface area is 152 Å². The zero-order valence-corrected chi connectivity index (χ0v) is 14.5. The molecular formula is C19H20ClN3O2. The molecule has 5 nitrogen and oxygen atoms in total. The highest BCUT2D eigenvalue weighted by Gasteiger charge is 2.19. The lowest BCUT2D eigenvalue weighted by atomic mass is 9.96. The van der Waals surface area contributed by atoms with Gasteiger partial charge in [0.2, 0.25) is 5.82 Å². The lowest BCUT2D eigenvalue weighted by Gasteiger charge is -2.26. The molecule has 3 aromatic rings. The summed E-state index contributed by atoms with van der Waals surface area (Å²) in [6.45, 7) is 0.521. The Bertz CT molecular complexity index is 811. The van der Waals surface area contributed by atoms with E-state index in [1.807, 2.05) is 48.5 Å². The number of rotatable bonds is 5. The Morgan fingerprint density at radius 1 is 1.00 bits per heavy atom. The third kappa shape index (κ3) is 3.83. The van der Waals surface area contributed by atoms with Gasteiger partial charge >= 0.3 is 0 Å². The molecule has 0 aliphatic heterocycles. The third-order valence-electron chi connectivity index (χ3n) is 4.33. The predicted molar refractivity (Wildman–Crippen MR) is 98.6 cm³/mol. The van der Waals surface area contributed by atoms with Gasteiger partial charge in [-0.05, 0) is 49.1 Å². The van der Waals surface area contributed by atoms with Crippen LogP contribution >= 0.6 is 12.4 Å². The van der Waals surface area contributed by atoms with Crippen molar-refractivity contribution in [1.29, 1.82) is 0 Å². The standard InChI is InChI=1S/C19H19N3O2.ClH/c20-12-13-4-6-14(7-5-13)18-21-19(24-22-18)15-8-10-17(11-9-15)23-16-2-1-3-16;/h4-11,16H,1-3,12,20H2;1H. The van der Waals surface area contributed by atoms with Gasteiger partial charge in [0.25, 0.3) is 5.89 Å². The fourth-order valence-corrected chi connectivity index (χ4v) is 2.61. The fourth-order valence-electron chi connectivity index (χ4n) is 2.61. The first-order valence-corrected chi connectivity index (χ1v) is 8.22. The van der Waals surface area contributed by atoms with Crippen molar-refractivity contribution in [2.75, 3.05) is 0 Å². The van der Waals surface area contributed by atoms with Crippen LogP contribution in [-0.4, -0.2) is 16.2 Å². The largest absolute Gasteiger partial charge is 0.490 e. The second-order valence-corrected chi connectivity index (χ2v) is 6.02. The predicted octanol–water partition coefficient (Wildman–Crippen LogP) is 4.22. The highest BCUT2D eigenvalue weighted by atomic mass is 35.5. The second-order valence-electron chi connectivity index (χ2n) is 6.02. The van der Waals surface area contributed by atoms with Crippen LogP contribution in [0.1, 0.15) is 24.8 Å². The number of nitrogens with zero attached hydrogens (tertiary/aromatic N) is 2. The quantitative estimate of drug-likeness (QED) is 0.740. The smallest absolute Gasteiger partial charge is 0.258 e. The van der Waals surface area contributed by atoms with Gasteiger partial charge in [0.1, 0.15) is 5.75 Å². The van der Waals surface area contributed by atoms with Crippen molar-refractivity contribution in [3.8, 4) is 28.6 Å². The minimum atomic E-state index is 0. The van der Waals surface area contributed by atoms with Crippen LogP contribution in [0.25, 0.3) is 22.8 Å². The summed E-state index contributed by atoms with van der Waals surface area (Å²) in [5.74, 6) is 1.96. The molecule has 4 rings (SSSR count). The van der Waals surface area contributed by atoms with Crippen molar-refractivity contribution < 1.29 is 9.26 Å². The summed E-state index contributed by atoms with van der Waals surface area (Å²) in [4.78, 5) is 4.47. The maximum Gasteiger partial charge on any atom is 0.258 e. The SMILES string of the molecule is Cl.NCc1ccc(-c2noc(-c3ccc(OC4CCC4)cc3)n2)cc1. The van der Waals surface area contributed by atoms with E-state index in [0.717, 1.165) is 35.3 Å². The van der Waals surface area contributed by atoms with Crippen molar-refractivity contribution in [2.45, 2.75) is 31.9 Å². The molecule has 0 bridgehead atoms. The summed E-state index contributed by atoms with van der Waals surface area (Å²) in [5.41, 5.74) is 8.48. The Kier molecular flexibility index (Phi) is 5.36. The van der Waals surface area contributed by atoms with Crippen molar-refractivity contribution in [3.63, 3.8) is 0 Å². The zero-order valence-electron chi connectivity index (χ0n) is 13.7. The molecule has 1 saturated carbocycles. The van der Waals surface area contributed by atoms with Crippen LogP contribution < -0.4 is 10.5 Å². The molecule has 0 atom stereocenters. The molecule has 0 saturated heterocycles. The molecular weight excluding hydrogens is 338 g/mol. The van der Waals surface area contributed by atoms with E-state index in [-0.39, 0.29) is 12.4 Å². The molecule has 1 aromatic heterocycles. The van der Waals surface area contributed by atoms with E-state index < -0.39 is 0 Å². The van der Waals surface area contributed by atoms with E-state index >= 15 is 0 Å². The molecule has 130 valence electrons. The zero-order chi connectivity index (χ0) is 16.4. The van der Waals surface area contributed by atoms with Gasteiger partial charge in [0, 0.05) is 17.7 Å². The van der Waals surface area contributed by atoms with E-state index in [1.54, 1.807) is 0 Å². The molecule has 0 spiro atoms. The van der Waals surface area contributed by atoms with E-state index in [2.05, 4.69) is 10.1 Å². The topological polar surface area (TPSA) is 74.2 Å². The van der Waals surface area contributed by atoms with Crippen molar-refractivity contribution >= 4 is 12.4 Å².